The lowest BCUT2D eigenvalue weighted by Crippen LogP contribution is -2.62. The number of nitrogens with two attached hydrogens (primary N) is 1. The lowest BCUT2D eigenvalue weighted by atomic mass is 9.79. The Morgan fingerprint density at radius 1 is 1.17 bits per heavy atom. The van der Waals surface area contributed by atoms with E-state index >= 15 is 0 Å². The van der Waals surface area contributed by atoms with Gasteiger partial charge in [0.05, 0.1) is 5.69 Å². The zero-order valence-electron chi connectivity index (χ0n) is 18.4. The molecule has 1 fully saturated rings. The molecule has 0 aliphatic carbocycles. The van der Waals surface area contributed by atoms with E-state index in [0.717, 1.165) is 24.9 Å². The van der Waals surface area contributed by atoms with Crippen molar-refractivity contribution in [2.45, 2.75) is 57.7 Å². The van der Waals surface area contributed by atoms with Gasteiger partial charge in [-0.2, -0.15) is 0 Å². The Hall–Kier alpha value is -2.93. The molecule has 0 spiro atoms. The van der Waals surface area contributed by atoms with Crippen LogP contribution >= 0.6 is 0 Å². The molecule has 5 N–H and O–H groups in total. The molecule has 160 valence electrons. The average Bonchev–Trinajstić information content (AvgIpc) is 2.66. The number of hydrogen-bond acceptors (Lipinski definition) is 7. The number of allylic oxidation sites excluding steroid dienone is 1. The molecule has 2 heterocycles. The Balaban J connectivity index is 1.82. The van der Waals surface area contributed by atoms with Gasteiger partial charge < -0.3 is 26.5 Å². The highest BCUT2D eigenvalue weighted by molar-refractivity contribution is 6.08. The fraction of sp³-hybridized carbons (Fsp3) is 0.435. The van der Waals surface area contributed by atoms with E-state index in [0.29, 0.717) is 28.4 Å². The molecule has 7 nitrogen and oxygen atoms in total. The highest BCUT2D eigenvalue weighted by atomic mass is 16.3. The topological polar surface area (TPSA) is 111 Å². The molecule has 0 unspecified atom stereocenters. The van der Waals surface area contributed by atoms with Crippen LogP contribution in [-0.4, -0.2) is 45.7 Å². The van der Waals surface area contributed by atoms with Crippen LogP contribution in [0.15, 0.2) is 36.5 Å². The number of aromatic hydroxyl groups is 1. The number of phenols is 1. The summed E-state index contributed by atoms with van der Waals surface area (Å²) in [6.07, 6.45) is 4.53. The summed E-state index contributed by atoms with van der Waals surface area (Å²) in [5.41, 5.74) is 8.02. The first-order chi connectivity index (χ1) is 14.0. The van der Waals surface area contributed by atoms with Crippen LogP contribution in [0.3, 0.4) is 0 Å². The fourth-order valence-corrected chi connectivity index (χ4v) is 4.54. The summed E-state index contributed by atoms with van der Waals surface area (Å²) < 4.78 is 0. The molecule has 2 aromatic rings. The third-order valence-electron chi connectivity index (χ3n) is 5.67. The highest BCUT2D eigenvalue weighted by Crippen LogP contribution is 2.34. The Kier molecular flexibility index (Phi) is 5.85. The molecule has 0 amide bonds. The van der Waals surface area contributed by atoms with Crippen molar-refractivity contribution in [1.29, 1.82) is 5.41 Å². The summed E-state index contributed by atoms with van der Waals surface area (Å²) in [6, 6.07) is 9.33. The number of anilines is 1. The molecule has 7 heteroatoms. The number of phenolic OH excluding ortho intramolecular Hbond substituents is 1. The van der Waals surface area contributed by atoms with Crippen LogP contribution < -0.4 is 16.0 Å². The zero-order valence-corrected chi connectivity index (χ0v) is 18.4. The molecule has 1 aromatic carbocycles. The van der Waals surface area contributed by atoms with Crippen LogP contribution in [0, 0.1) is 5.41 Å². The van der Waals surface area contributed by atoms with Crippen LogP contribution in [0.5, 0.6) is 5.75 Å². The minimum atomic E-state index is 0.0505. The Morgan fingerprint density at radius 3 is 2.33 bits per heavy atom. The van der Waals surface area contributed by atoms with Crippen molar-refractivity contribution in [3.05, 3.63) is 42.1 Å². The van der Waals surface area contributed by atoms with Crippen molar-refractivity contribution >= 4 is 17.6 Å². The summed E-state index contributed by atoms with van der Waals surface area (Å²) in [7, 11) is 2.07. The second-order valence-electron chi connectivity index (χ2n) is 9.34. The van der Waals surface area contributed by atoms with E-state index in [2.05, 4.69) is 55.2 Å². The number of rotatable bonds is 5. The monoisotopic (exact) mass is 408 g/mol. The van der Waals surface area contributed by atoms with Crippen molar-refractivity contribution in [1.82, 2.24) is 15.5 Å². The van der Waals surface area contributed by atoms with Crippen molar-refractivity contribution < 1.29 is 5.11 Å². The van der Waals surface area contributed by atoms with Gasteiger partial charge in [-0.15, -0.1) is 10.2 Å². The van der Waals surface area contributed by atoms with Crippen LogP contribution in [0.4, 0.5) is 5.82 Å². The van der Waals surface area contributed by atoms with Gasteiger partial charge in [-0.05, 0) is 70.4 Å². The van der Waals surface area contributed by atoms with E-state index in [1.165, 1.54) is 6.20 Å². The maximum absolute atomic E-state index is 10.5. The molecule has 1 saturated heterocycles. The smallest absolute Gasteiger partial charge is 0.151 e. The van der Waals surface area contributed by atoms with Gasteiger partial charge in [-0.3, -0.25) is 0 Å². The first-order valence-corrected chi connectivity index (χ1v) is 10.2. The van der Waals surface area contributed by atoms with E-state index in [1.54, 1.807) is 18.2 Å². The molecule has 0 atom stereocenters. The number of piperidine rings is 1. The van der Waals surface area contributed by atoms with E-state index in [9.17, 15) is 5.11 Å². The lowest BCUT2D eigenvalue weighted by Gasteiger charge is -2.49. The third-order valence-corrected chi connectivity index (χ3v) is 5.67. The first kappa shape index (κ1) is 21.8. The van der Waals surface area contributed by atoms with Crippen LogP contribution in [0.25, 0.3) is 16.8 Å². The van der Waals surface area contributed by atoms with E-state index < -0.39 is 0 Å². The zero-order chi connectivity index (χ0) is 22.1. The summed E-state index contributed by atoms with van der Waals surface area (Å²) in [4.78, 5) is 2.20. The number of nitrogens with zero attached hydrogens (tertiary/aromatic N) is 3. The molecule has 0 radical (unpaired) electrons. The second-order valence-corrected chi connectivity index (χ2v) is 9.34. The quantitative estimate of drug-likeness (QED) is 0.563. The van der Waals surface area contributed by atoms with Crippen molar-refractivity contribution in [2.75, 3.05) is 11.9 Å². The minimum absolute atomic E-state index is 0.0505. The minimum Gasteiger partial charge on any atom is -0.507 e. The molecule has 1 aromatic heterocycles. The molecule has 1 aliphatic heterocycles. The van der Waals surface area contributed by atoms with Gasteiger partial charge in [0.1, 0.15) is 5.75 Å². The molecule has 30 heavy (non-hydrogen) atoms. The Morgan fingerprint density at radius 2 is 1.83 bits per heavy atom. The largest absolute Gasteiger partial charge is 0.507 e. The predicted molar refractivity (Wildman–Crippen MR) is 123 cm³/mol. The van der Waals surface area contributed by atoms with Gasteiger partial charge in [0.2, 0.25) is 0 Å². The molecular weight excluding hydrogens is 376 g/mol. The standard InChI is InChI=1S/C23H32N6O/c1-22(2)11-17(12-23(3,4)28-22)29(5)21-9-8-19(26-27-21)18-7-6-15(10-20(18)30)16(13-24)14-25/h6-10,13-14,17,24,28,30H,11-12,25H2,1-5H3. The van der Waals surface area contributed by atoms with Crippen molar-refractivity contribution in [2.24, 2.45) is 5.73 Å². The van der Waals surface area contributed by atoms with Gasteiger partial charge in [-0.25, -0.2) is 0 Å². The molecule has 0 saturated carbocycles. The second kappa shape index (κ2) is 8.07. The summed E-state index contributed by atoms with van der Waals surface area (Å²) >= 11 is 0. The normalized spacial score (nSPS) is 18.8. The average molecular weight is 409 g/mol. The van der Waals surface area contributed by atoms with Crippen LogP contribution in [-0.2, 0) is 0 Å². The predicted octanol–water partition coefficient (Wildman–Crippen LogP) is 3.54. The summed E-state index contributed by atoms with van der Waals surface area (Å²) in [5.74, 6) is 0.886. The molecule has 1 aliphatic rings. The van der Waals surface area contributed by atoms with Crippen molar-refractivity contribution in [3.8, 4) is 17.0 Å². The number of hydrogen-bond donors (Lipinski definition) is 4. The van der Waals surface area contributed by atoms with E-state index in [-0.39, 0.29) is 16.8 Å². The lowest BCUT2D eigenvalue weighted by molar-refractivity contribution is 0.160. The Bertz CT molecular complexity index is 933. The molecule has 0 bridgehead atoms. The molecule has 3 rings (SSSR count). The van der Waals surface area contributed by atoms with Crippen LogP contribution in [0.2, 0.25) is 0 Å². The molecular formula is C23H32N6O. The maximum Gasteiger partial charge on any atom is 0.151 e. The SMILES string of the molecule is CN(c1ccc(-c2ccc(C(C=N)=CN)cc2O)nn1)C1CC(C)(C)NC(C)(C)C1. The van der Waals surface area contributed by atoms with Crippen LogP contribution in [0.1, 0.15) is 46.1 Å². The van der Waals surface area contributed by atoms with Gasteiger partial charge >= 0.3 is 0 Å². The summed E-state index contributed by atoms with van der Waals surface area (Å²) in [6.45, 7) is 8.94. The first-order valence-electron chi connectivity index (χ1n) is 10.2. The van der Waals surface area contributed by atoms with Gasteiger partial charge in [0.25, 0.3) is 0 Å². The van der Waals surface area contributed by atoms with Crippen molar-refractivity contribution in [3.63, 3.8) is 0 Å². The fourth-order valence-electron chi connectivity index (χ4n) is 4.54. The summed E-state index contributed by atoms with van der Waals surface area (Å²) in [5, 5.41) is 30.4. The van der Waals surface area contributed by atoms with E-state index in [1.807, 2.05) is 12.1 Å². The third kappa shape index (κ3) is 4.62. The van der Waals surface area contributed by atoms with Gasteiger partial charge in [-0.1, -0.05) is 6.07 Å². The maximum atomic E-state index is 10.5. The van der Waals surface area contributed by atoms with Gasteiger partial charge in [0, 0.05) is 47.7 Å². The Labute approximate surface area is 178 Å². The highest BCUT2D eigenvalue weighted by Gasteiger charge is 2.39. The number of aromatic nitrogens is 2. The number of benzene rings is 1. The number of nitrogens with one attached hydrogen (secondary N) is 2. The van der Waals surface area contributed by atoms with E-state index in [4.69, 9.17) is 11.1 Å². The van der Waals surface area contributed by atoms with Gasteiger partial charge in [0.15, 0.2) is 5.82 Å².